The third-order valence-corrected chi connectivity index (χ3v) is 3.25. The zero-order valence-electron chi connectivity index (χ0n) is 13.1. The standard InChI is InChI=1S/C15H20ClN5O/c1-10(14(22)20-13-6-5-11(16)7-17-13)19-12-8-18-21(9-12)15(2,3)4/h5-10,19H,1-4H3,(H,17,20,22)/t10-/m0/s1. The number of carbonyl (C=O) groups excluding carboxylic acids is 1. The van der Waals surface area contributed by atoms with Gasteiger partial charge >= 0.3 is 0 Å². The Morgan fingerprint density at radius 1 is 1.32 bits per heavy atom. The van der Waals surface area contributed by atoms with Crippen molar-refractivity contribution in [3.63, 3.8) is 0 Å². The first-order valence-electron chi connectivity index (χ1n) is 7.00. The number of pyridine rings is 1. The predicted octanol–water partition coefficient (Wildman–Crippen LogP) is 3.13. The van der Waals surface area contributed by atoms with E-state index < -0.39 is 6.04 Å². The molecule has 6 nitrogen and oxygen atoms in total. The molecular formula is C15H20ClN5O. The van der Waals surface area contributed by atoms with Crippen LogP contribution in [0.1, 0.15) is 27.7 Å². The second kappa shape index (κ2) is 6.36. The molecule has 0 aliphatic carbocycles. The molecule has 0 saturated carbocycles. The summed E-state index contributed by atoms with van der Waals surface area (Å²) in [5.41, 5.74) is 0.695. The SMILES string of the molecule is C[C@H](Nc1cnn(C(C)(C)C)c1)C(=O)Nc1ccc(Cl)cn1. The lowest BCUT2D eigenvalue weighted by Gasteiger charge is -2.19. The van der Waals surface area contributed by atoms with Crippen molar-refractivity contribution in [2.45, 2.75) is 39.3 Å². The topological polar surface area (TPSA) is 71.8 Å². The van der Waals surface area contributed by atoms with Crippen molar-refractivity contribution < 1.29 is 4.79 Å². The van der Waals surface area contributed by atoms with E-state index in [2.05, 4.69) is 41.5 Å². The Morgan fingerprint density at radius 3 is 2.59 bits per heavy atom. The molecule has 0 saturated heterocycles. The summed E-state index contributed by atoms with van der Waals surface area (Å²) in [5, 5.41) is 10.7. The smallest absolute Gasteiger partial charge is 0.247 e. The first kappa shape index (κ1) is 16.3. The van der Waals surface area contributed by atoms with Crippen LogP contribution in [0.2, 0.25) is 5.02 Å². The van der Waals surface area contributed by atoms with Gasteiger partial charge in [0.05, 0.1) is 22.4 Å². The molecule has 0 aliphatic heterocycles. The number of anilines is 2. The normalized spacial score (nSPS) is 12.8. The maximum atomic E-state index is 12.1. The minimum atomic E-state index is -0.421. The van der Waals surface area contributed by atoms with Gasteiger partial charge in [-0.3, -0.25) is 9.48 Å². The number of carbonyl (C=O) groups is 1. The molecule has 2 N–H and O–H groups in total. The lowest BCUT2D eigenvalue weighted by molar-refractivity contribution is -0.116. The lowest BCUT2D eigenvalue weighted by atomic mass is 10.1. The molecule has 1 atom stereocenters. The summed E-state index contributed by atoms with van der Waals surface area (Å²) in [6.07, 6.45) is 5.07. The molecule has 0 radical (unpaired) electrons. The average molecular weight is 322 g/mol. The van der Waals surface area contributed by atoms with Gasteiger partial charge < -0.3 is 10.6 Å². The van der Waals surface area contributed by atoms with Gasteiger partial charge in [0.1, 0.15) is 11.9 Å². The molecule has 0 spiro atoms. The highest BCUT2D eigenvalue weighted by Crippen LogP contribution is 2.16. The van der Waals surface area contributed by atoms with Crippen molar-refractivity contribution in [2.24, 2.45) is 0 Å². The van der Waals surface area contributed by atoms with Crippen LogP contribution in [-0.2, 0) is 10.3 Å². The maximum Gasteiger partial charge on any atom is 0.247 e. The molecule has 2 rings (SSSR count). The van der Waals surface area contributed by atoms with Gasteiger partial charge in [-0.25, -0.2) is 4.98 Å². The molecule has 0 fully saturated rings. The zero-order chi connectivity index (χ0) is 16.3. The molecular weight excluding hydrogens is 302 g/mol. The highest BCUT2D eigenvalue weighted by molar-refractivity contribution is 6.30. The summed E-state index contributed by atoms with van der Waals surface area (Å²) < 4.78 is 1.85. The van der Waals surface area contributed by atoms with Gasteiger partial charge in [-0.05, 0) is 39.8 Å². The van der Waals surface area contributed by atoms with E-state index in [1.807, 2.05) is 10.9 Å². The predicted molar refractivity (Wildman–Crippen MR) is 88.2 cm³/mol. The second-order valence-electron chi connectivity index (χ2n) is 6.06. The van der Waals surface area contributed by atoms with Crippen molar-refractivity contribution in [1.29, 1.82) is 0 Å². The lowest BCUT2D eigenvalue weighted by Crippen LogP contribution is -2.32. The number of halogens is 1. The van der Waals surface area contributed by atoms with Crippen molar-refractivity contribution >= 4 is 29.0 Å². The van der Waals surface area contributed by atoms with Gasteiger partial charge in [0.25, 0.3) is 0 Å². The molecule has 2 aromatic rings. The van der Waals surface area contributed by atoms with E-state index in [9.17, 15) is 4.79 Å². The molecule has 2 heterocycles. The van der Waals surface area contributed by atoms with Crippen molar-refractivity contribution in [2.75, 3.05) is 10.6 Å². The number of nitrogens with one attached hydrogen (secondary N) is 2. The molecule has 0 unspecified atom stereocenters. The molecule has 0 bridgehead atoms. The van der Waals surface area contributed by atoms with Crippen LogP contribution in [0.3, 0.4) is 0 Å². The van der Waals surface area contributed by atoms with Crippen LogP contribution in [-0.4, -0.2) is 26.7 Å². The van der Waals surface area contributed by atoms with Crippen LogP contribution in [0.4, 0.5) is 11.5 Å². The van der Waals surface area contributed by atoms with Gasteiger partial charge in [-0.15, -0.1) is 0 Å². The molecule has 2 aromatic heterocycles. The molecule has 7 heteroatoms. The average Bonchev–Trinajstić information content (AvgIpc) is 2.90. The summed E-state index contributed by atoms with van der Waals surface area (Å²) >= 11 is 5.76. The van der Waals surface area contributed by atoms with E-state index in [1.54, 1.807) is 25.3 Å². The van der Waals surface area contributed by atoms with Crippen LogP contribution in [0.5, 0.6) is 0 Å². The Morgan fingerprint density at radius 2 is 2.05 bits per heavy atom. The van der Waals surface area contributed by atoms with Crippen LogP contribution >= 0.6 is 11.6 Å². The van der Waals surface area contributed by atoms with Gasteiger partial charge in [-0.2, -0.15) is 5.10 Å². The number of aromatic nitrogens is 3. The third-order valence-electron chi connectivity index (χ3n) is 3.03. The summed E-state index contributed by atoms with van der Waals surface area (Å²) in [4.78, 5) is 16.2. The Kier molecular flexibility index (Phi) is 4.71. The Labute approximate surface area is 134 Å². The van der Waals surface area contributed by atoms with Crippen LogP contribution in [0, 0.1) is 0 Å². The van der Waals surface area contributed by atoms with Gasteiger partial charge in [0.2, 0.25) is 5.91 Å². The fourth-order valence-electron chi connectivity index (χ4n) is 1.76. The van der Waals surface area contributed by atoms with Crippen molar-refractivity contribution in [3.8, 4) is 0 Å². The quantitative estimate of drug-likeness (QED) is 0.907. The Hall–Kier alpha value is -2.08. The summed E-state index contributed by atoms with van der Waals surface area (Å²) in [6.45, 7) is 7.96. The number of hydrogen-bond donors (Lipinski definition) is 2. The van der Waals surface area contributed by atoms with Crippen LogP contribution in [0.25, 0.3) is 0 Å². The van der Waals surface area contributed by atoms with Crippen LogP contribution in [0.15, 0.2) is 30.7 Å². The van der Waals surface area contributed by atoms with Gasteiger partial charge in [0, 0.05) is 12.4 Å². The van der Waals surface area contributed by atoms with E-state index in [-0.39, 0.29) is 11.4 Å². The van der Waals surface area contributed by atoms with Crippen LogP contribution < -0.4 is 10.6 Å². The highest BCUT2D eigenvalue weighted by Gasteiger charge is 2.17. The first-order valence-corrected chi connectivity index (χ1v) is 7.37. The minimum absolute atomic E-state index is 0.0986. The molecule has 118 valence electrons. The summed E-state index contributed by atoms with van der Waals surface area (Å²) in [6, 6.07) is 2.91. The van der Waals surface area contributed by atoms with Gasteiger partial charge in [0.15, 0.2) is 0 Å². The minimum Gasteiger partial charge on any atom is -0.371 e. The third kappa shape index (κ3) is 4.21. The fourth-order valence-corrected chi connectivity index (χ4v) is 1.88. The van der Waals surface area contributed by atoms with Crippen molar-refractivity contribution in [3.05, 3.63) is 35.7 Å². The fraction of sp³-hybridized carbons (Fsp3) is 0.400. The van der Waals surface area contributed by atoms with Gasteiger partial charge in [-0.1, -0.05) is 11.6 Å². The number of nitrogens with zero attached hydrogens (tertiary/aromatic N) is 3. The molecule has 0 aromatic carbocycles. The number of rotatable bonds is 4. The van der Waals surface area contributed by atoms with E-state index in [1.165, 1.54) is 6.20 Å². The highest BCUT2D eigenvalue weighted by atomic mass is 35.5. The van der Waals surface area contributed by atoms with Crippen molar-refractivity contribution in [1.82, 2.24) is 14.8 Å². The second-order valence-corrected chi connectivity index (χ2v) is 6.50. The number of hydrogen-bond acceptors (Lipinski definition) is 4. The largest absolute Gasteiger partial charge is 0.371 e. The van der Waals surface area contributed by atoms with E-state index in [0.717, 1.165) is 5.69 Å². The zero-order valence-corrected chi connectivity index (χ0v) is 13.8. The monoisotopic (exact) mass is 321 g/mol. The van der Waals surface area contributed by atoms with E-state index >= 15 is 0 Å². The Bertz CT molecular complexity index is 645. The van der Waals surface area contributed by atoms with E-state index in [4.69, 9.17) is 11.6 Å². The number of amides is 1. The molecule has 1 amide bonds. The maximum absolute atomic E-state index is 12.1. The molecule has 22 heavy (non-hydrogen) atoms. The molecule has 0 aliphatic rings. The summed E-state index contributed by atoms with van der Waals surface area (Å²) in [7, 11) is 0. The Balaban J connectivity index is 1.96. The first-order chi connectivity index (χ1) is 10.3. The summed E-state index contributed by atoms with van der Waals surface area (Å²) in [5.74, 6) is 0.284. The van der Waals surface area contributed by atoms with E-state index in [0.29, 0.717) is 10.8 Å².